The molecule has 0 radical (unpaired) electrons. The Labute approximate surface area is 373 Å². The maximum Gasteiger partial charge on any atom is 2.00 e. The van der Waals surface area contributed by atoms with Crippen LogP contribution in [0.3, 0.4) is 0 Å². The summed E-state index contributed by atoms with van der Waals surface area (Å²) in [6, 6.07) is 27.5. The molecule has 0 N–H and O–H groups in total. The zero-order valence-corrected chi connectivity index (χ0v) is 38.0. The van der Waals surface area contributed by atoms with E-state index in [-0.39, 0.29) is 47.5 Å². The largest absolute Gasteiger partial charge is 2.00 e. The molecule has 11 heteroatoms. The van der Waals surface area contributed by atoms with Crippen LogP contribution in [0.15, 0.2) is 107 Å². The number of rotatable bonds is 26. The van der Waals surface area contributed by atoms with E-state index in [2.05, 4.69) is 13.8 Å². The molecule has 0 heterocycles. The summed E-state index contributed by atoms with van der Waals surface area (Å²) in [6.07, 6.45) is 23.6. The van der Waals surface area contributed by atoms with Crippen LogP contribution in [0.5, 0.6) is 23.0 Å². The maximum absolute atomic E-state index is 11.5. The molecule has 4 aromatic rings. The normalized spacial score (nSPS) is 11.3. The molecule has 0 aliphatic heterocycles. The molecule has 0 aromatic heterocycles. The average molecular weight is 847 g/mol. The molecule has 0 bridgehead atoms. The first-order chi connectivity index (χ1) is 27.0. The summed E-state index contributed by atoms with van der Waals surface area (Å²) in [5, 5.41) is 0. The summed E-state index contributed by atoms with van der Waals surface area (Å²) < 4.78 is 80.5. The SMILES string of the molecule is CCCCCCCCCCCc1cc(Oc2ccccc2)cc(S(=O)(=O)[O-])c1.CCCCCCCCCCCc1cc(Oc2ccccc2)cc(S(=O)(=O)[O-])c1.[Ca+2]. The predicted octanol–water partition coefficient (Wildman–Crippen LogP) is 12.5. The molecule has 4 rings (SSSR count). The van der Waals surface area contributed by atoms with Gasteiger partial charge in [0.15, 0.2) is 0 Å². The zero-order chi connectivity index (χ0) is 40.5. The standard InChI is InChI=1S/2C23H32O4S.Ca/c2*1-2-3-4-5-6-7-8-9-11-14-20-17-22(19-23(18-20)28(24,25)26)27-21-15-12-10-13-16-21;/h2*10,12-13,15-19H,2-9,11,14H2,1H3,(H,24,25,26);/q;;+2/p-2. The fourth-order valence-corrected chi connectivity index (χ4v) is 7.60. The van der Waals surface area contributed by atoms with E-state index >= 15 is 0 Å². The number of benzene rings is 4. The molecule has 8 nitrogen and oxygen atoms in total. The molecule has 0 saturated carbocycles. The average Bonchev–Trinajstić information content (AvgIpc) is 3.17. The summed E-state index contributed by atoms with van der Waals surface area (Å²) in [6.45, 7) is 4.45. The number of ether oxygens (including phenoxy) is 2. The Balaban J connectivity index is 0.000000387. The number of aryl methyl sites for hydroxylation is 2. The second-order valence-corrected chi connectivity index (χ2v) is 17.3. The van der Waals surface area contributed by atoms with Gasteiger partial charge in [0.25, 0.3) is 0 Å². The van der Waals surface area contributed by atoms with Crippen LogP contribution in [0.25, 0.3) is 0 Å². The first-order valence-corrected chi connectivity index (χ1v) is 23.4. The minimum absolute atomic E-state index is 0. The molecule has 57 heavy (non-hydrogen) atoms. The Kier molecular flexibility index (Phi) is 25.7. The van der Waals surface area contributed by atoms with Crippen LogP contribution in [0.1, 0.15) is 141 Å². The Morgan fingerprint density at radius 3 is 1.00 bits per heavy atom. The Morgan fingerprint density at radius 2 is 0.702 bits per heavy atom. The molecule has 308 valence electrons. The van der Waals surface area contributed by atoms with Gasteiger partial charge < -0.3 is 18.6 Å². The summed E-state index contributed by atoms with van der Waals surface area (Å²) in [5.74, 6) is 1.98. The third kappa shape index (κ3) is 22.5. The van der Waals surface area contributed by atoms with Crippen molar-refractivity contribution in [2.24, 2.45) is 0 Å². The molecule has 0 fully saturated rings. The van der Waals surface area contributed by atoms with E-state index in [0.29, 0.717) is 23.0 Å². The van der Waals surface area contributed by atoms with Crippen molar-refractivity contribution in [1.29, 1.82) is 0 Å². The van der Waals surface area contributed by atoms with Crippen LogP contribution in [0.4, 0.5) is 0 Å². The van der Waals surface area contributed by atoms with Gasteiger partial charge in [-0.15, -0.1) is 0 Å². The summed E-state index contributed by atoms with van der Waals surface area (Å²) in [4.78, 5) is -0.460. The van der Waals surface area contributed by atoms with Gasteiger partial charge in [0.05, 0.1) is 9.79 Å². The summed E-state index contributed by atoms with van der Waals surface area (Å²) >= 11 is 0. The molecule has 4 aromatic carbocycles. The monoisotopic (exact) mass is 846 g/mol. The van der Waals surface area contributed by atoms with E-state index in [1.54, 1.807) is 24.3 Å². The maximum atomic E-state index is 11.5. The predicted molar refractivity (Wildman–Crippen MR) is 229 cm³/mol. The van der Waals surface area contributed by atoms with Crippen molar-refractivity contribution >= 4 is 58.0 Å². The Morgan fingerprint density at radius 1 is 0.404 bits per heavy atom. The van der Waals surface area contributed by atoms with Gasteiger partial charge in [-0.05, 0) is 97.5 Å². The second-order valence-electron chi connectivity index (χ2n) is 14.5. The molecule has 0 spiro atoms. The van der Waals surface area contributed by atoms with Crippen molar-refractivity contribution in [2.45, 2.75) is 152 Å². The number of unbranched alkanes of at least 4 members (excludes halogenated alkanes) is 16. The molecule has 0 atom stereocenters. The van der Waals surface area contributed by atoms with Gasteiger partial charge in [-0.2, -0.15) is 0 Å². The van der Waals surface area contributed by atoms with Crippen molar-refractivity contribution in [1.82, 2.24) is 0 Å². The van der Waals surface area contributed by atoms with E-state index in [1.807, 2.05) is 48.5 Å². The summed E-state index contributed by atoms with van der Waals surface area (Å²) in [7, 11) is -9.04. The fourth-order valence-electron chi connectivity index (χ4n) is 6.49. The molecule has 0 amide bonds. The van der Waals surface area contributed by atoms with Crippen LogP contribution in [-0.2, 0) is 33.1 Å². The Bertz CT molecular complexity index is 1750. The number of hydrogen-bond donors (Lipinski definition) is 0. The van der Waals surface area contributed by atoms with Crippen LogP contribution >= 0.6 is 0 Å². The van der Waals surface area contributed by atoms with Crippen LogP contribution in [-0.4, -0.2) is 63.7 Å². The third-order valence-electron chi connectivity index (χ3n) is 9.55. The molecular weight excluding hydrogens is 785 g/mol. The third-order valence-corrected chi connectivity index (χ3v) is 11.2. The van der Waals surface area contributed by atoms with Gasteiger partial charge in [-0.25, -0.2) is 16.8 Å². The van der Waals surface area contributed by atoms with E-state index < -0.39 is 20.2 Å². The van der Waals surface area contributed by atoms with E-state index in [0.717, 1.165) is 49.7 Å². The van der Waals surface area contributed by atoms with Crippen LogP contribution < -0.4 is 9.47 Å². The molecule has 0 saturated heterocycles. The quantitative estimate of drug-likeness (QED) is 0.0346. The topological polar surface area (TPSA) is 133 Å². The van der Waals surface area contributed by atoms with Crippen LogP contribution in [0, 0.1) is 0 Å². The van der Waals surface area contributed by atoms with Gasteiger partial charge in [0, 0.05) is 0 Å². The van der Waals surface area contributed by atoms with E-state index in [1.165, 1.54) is 114 Å². The summed E-state index contributed by atoms with van der Waals surface area (Å²) in [5.41, 5.74) is 1.65. The van der Waals surface area contributed by atoms with Crippen molar-refractivity contribution in [2.75, 3.05) is 0 Å². The van der Waals surface area contributed by atoms with E-state index in [9.17, 15) is 25.9 Å². The minimum Gasteiger partial charge on any atom is -0.744 e. The molecular formula is C46H62CaO8S2. The first-order valence-electron chi connectivity index (χ1n) is 20.6. The van der Waals surface area contributed by atoms with Gasteiger partial charge in [0.1, 0.15) is 43.2 Å². The minimum atomic E-state index is -4.52. The van der Waals surface area contributed by atoms with Crippen molar-refractivity contribution in [3.8, 4) is 23.0 Å². The zero-order valence-electron chi connectivity index (χ0n) is 34.2. The molecule has 0 aliphatic carbocycles. The van der Waals surface area contributed by atoms with Gasteiger partial charge in [0.2, 0.25) is 0 Å². The first kappa shape index (κ1) is 50.7. The van der Waals surface area contributed by atoms with Crippen molar-refractivity contribution < 1.29 is 35.4 Å². The van der Waals surface area contributed by atoms with Gasteiger partial charge in [-0.1, -0.05) is 153 Å². The molecule has 0 aliphatic rings. The van der Waals surface area contributed by atoms with E-state index in [4.69, 9.17) is 9.47 Å². The fraction of sp³-hybridized carbons (Fsp3) is 0.478. The number of para-hydroxylation sites is 2. The smallest absolute Gasteiger partial charge is 0.744 e. The Hall–Kier alpha value is -2.44. The second kappa shape index (κ2) is 28.9. The number of hydrogen-bond acceptors (Lipinski definition) is 8. The van der Waals surface area contributed by atoms with Crippen molar-refractivity contribution in [3.05, 3.63) is 108 Å². The molecule has 0 unspecified atom stereocenters. The van der Waals surface area contributed by atoms with Gasteiger partial charge in [-0.3, -0.25) is 0 Å². The van der Waals surface area contributed by atoms with Gasteiger partial charge >= 0.3 is 37.7 Å². The van der Waals surface area contributed by atoms with Crippen LogP contribution in [0.2, 0.25) is 0 Å². The van der Waals surface area contributed by atoms with Crippen molar-refractivity contribution in [3.63, 3.8) is 0 Å².